The summed E-state index contributed by atoms with van der Waals surface area (Å²) in [6.07, 6.45) is 1.78. The Bertz CT molecular complexity index is 568. The van der Waals surface area contributed by atoms with Gasteiger partial charge in [-0.05, 0) is 38.9 Å². The van der Waals surface area contributed by atoms with E-state index in [9.17, 15) is 0 Å². The Balaban J connectivity index is 2.54. The number of nitrogens with zero attached hydrogens (tertiary/aromatic N) is 2. The van der Waals surface area contributed by atoms with Gasteiger partial charge in [0.25, 0.3) is 0 Å². The predicted octanol–water partition coefficient (Wildman–Crippen LogP) is 2.84. The quantitative estimate of drug-likeness (QED) is 0.910. The van der Waals surface area contributed by atoms with E-state index in [2.05, 4.69) is 49.4 Å². The van der Waals surface area contributed by atoms with Crippen LogP contribution in [-0.2, 0) is 6.54 Å². The highest BCUT2D eigenvalue weighted by Gasteiger charge is 2.23. The number of hydrogen-bond acceptors (Lipinski definition) is 3. The van der Waals surface area contributed by atoms with Crippen LogP contribution in [0.15, 0.2) is 24.4 Å². The second kappa shape index (κ2) is 6.09. The van der Waals surface area contributed by atoms with Gasteiger partial charge in [0.2, 0.25) is 0 Å². The van der Waals surface area contributed by atoms with Crippen LogP contribution in [0.4, 0.5) is 0 Å². The molecule has 0 amide bonds. The third-order valence-corrected chi connectivity index (χ3v) is 3.66. The highest BCUT2D eigenvalue weighted by Crippen LogP contribution is 2.31. The van der Waals surface area contributed by atoms with Gasteiger partial charge in [-0.25, -0.2) is 0 Å². The highest BCUT2D eigenvalue weighted by molar-refractivity contribution is 5.41. The first-order valence-corrected chi connectivity index (χ1v) is 6.96. The fourth-order valence-corrected chi connectivity index (χ4v) is 2.67. The monoisotopic (exact) mass is 273 g/mol. The van der Waals surface area contributed by atoms with Crippen LogP contribution in [-0.4, -0.2) is 23.9 Å². The van der Waals surface area contributed by atoms with Gasteiger partial charge in [0.1, 0.15) is 5.69 Å². The molecule has 1 atom stereocenters. The molecule has 1 heterocycles. The molecule has 1 aromatic heterocycles. The third kappa shape index (κ3) is 2.56. The van der Waals surface area contributed by atoms with E-state index in [1.54, 1.807) is 13.3 Å². The van der Waals surface area contributed by atoms with E-state index in [4.69, 9.17) is 4.74 Å². The zero-order valence-electron chi connectivity index (χ0n) is 12.9. The van der Waals surface area contributed by atoms with E-state index < -0.39 is 0 Å². The lowest BCUT2D eigenvalue weighted by molar-refractivity contribution is 0.401. The van der Waals surface area contributed by atoms with E-state index in [1.807, 2.05) is 11.7 Å². The van der Waals surface area contributed by atoms with Crippen molar-refractivity contribution in [2.45, 2.75) is 33.4 Å². The molecule has 0 saturated carbocycles. The molecule has 1 N–H and O–H groups in total. The molecule has 2 aromatic rings. The summed E-state index contributed by atoms with van der Waals surface area (Å²) in [5, 5.41) is 7.79. The summed E-state index contributed by atoms with van der Waals surface area (Å²) in [6.45, 7) is 7.17. The molecule has 0 radical (unpaired) electrons. The summed E-state index contributed by atoms with van der Waals surface area (Å²) in [7, 11) is 3.66. The Hall–Kier alpha value is -1.81. The van der Waals surface area contributed by atoms with Crippen LogP contribution in [0.3, 0.4) is 0 Å². The molecule has 0 fully saturated rings. The van der Waals surface area contributed by atoms with E-state index in [0.29, 0.717) is 0 Å². The van der Waals surface area contributed by atoms with Crippen molar-refractivity contribution in [3.8, 4) is 5.75 Å². The molecule has 0 spiro atoms. The number of rotatable bonds is 5. The van der Waals surface area contributed by atoms with E-state index >= 15 is 0 Å². The first-order valence-electron chi connectivity index (χ1n) is 6.96. The van der Waals surface area contributed by atoms with Crippen molar-refractivity contribution < 1.29 is 4.74 Å². The summed E-state index contributed by atoms with van der Waals surface area (Å²) < 4.78 is 7.46. The summed E-state index contributed by atoms with van der Waals surface area (Å²) in [5.74, 6) is 0.825. The summed E-state index contributed by atoms with van der Waals surface area (Å²) in [5.41, 5.74) is 4.88. The standard InChI is InChI=1S/C16H23N3O/c1-6-19-16(14(20-5)10-18-19)15(17-4)13-8-7-11(2)9-12(13)3/h7-10,15,17H,6H2,1-5H3. The Labute approximate surface area is 120 Å². The van der Waals surface area contributed by atoms with Crippen LogP contribution in [0.5, 0.6) is 5.75 Å². The van der Waals surface area contributed by atoms with Crippen molar-refractivity contribution in [1.82, 2.24) is 15.1 Å². The third-order valence-electron chi connectivity index (χ3n) is 3.66. The number of aromatic nitrogens is 2. The number of hydrogen-bond donors (Lipinski definition) is 1. The number of ether oxygens (including phenoxy) is 1. The molecule has 4 heteroatoms. The maximum Gasteiger partial charge on any atom is 0.161 e. The number of nitrogens with one attached hydrogen (secondary N) is 1. The Morgan fingerprint density at radius 2 is 2.10 bits per heavy atom. The molecule has 108 valence electrons. The van der Waals surface area contributed by atoms with Crippen molar-refractivity contribution in [1.29, 1.82) is 0 Å². The molecule has 0 aliphatic carbocycles. The maximum atomic E-state index is 5.47. The number of benzene rings is 1. The van der Waals surface area contributed by atoms with Crippen molar-refractivity contribution in [2.24, 2.45) is 0 Å². The van der Waals surface area contributed by atoms with Gasteiger partial charge in [0.15, 0.2) is 5.75 Å². The first kappa shape index (κ1) is 14.6. The molecule has 20 heavy (non-hydrogen) atoms. The van der Waals surface area contributed by atoms with E-state index in [1.165, 1.54) is 16.7 Å². The van der Waals surface area contributed by atoms with Gasteiger partial charge >= 0.3 is 0 Å². The normalized spacial score (nSPS) is 12.4. The van der Waals surface area contributed by atoms with Gasteiger partial charge < -0.3 is 10.1 Å². The lowest BCUT2D eigenvalue weighted by Gasteiger charge is -2.21. The van der Waals surface area contributed by atoms with Crippen LogP contribution in [0.2, 0.25) is 0 Å². The van der Waals surface area contributed by atoms with Crippen molar-refractivity contribution in [3.63, 3.8) is 0 Å². The van der Waals surface area contributed by atoms with Crippen LogP contribution in [0, 0.1) is 13.8 Å². The maximum absolute atomic E-state index is 5.47. The minimum Gasteiger partial charge on any atom is -0.493 e. The van der Waals surface area contributed by atoms with Crippen molar-refractivity contribution >= 4 is 0 Å². The van der Waals surface area contributed by atoms with E-state index in [-0.39, 0.29) is 6.04 Å². The highest BCUT2D eigenvalue weighted by atomic mass is 16.5. The molecule has 0 aliphatic rings. The smallest absolute Gasteiger partial charge is 0.161 e. The lowest BCUT2D eigenvalue weighted by Crippen LogP contribution is -2.23. The Kier molecular flexibility index (Phi) is 4.45. The predicted molar refractivity (Wildman–Crippen MR) is 81.3 cm³/mol. The van der Waals surface area contributed by atoms with Gasteiger partial charge in [0.05, 0.1) is 19.3 Å². The van der Waals surface area contributed by atoms with Crippen molar-refractivity contribution in [2.75, 3.05) is 14.2 Å². The average Bonchev–Trinajstić information content (AvgIpc) is 2.85. The molecule has 4 nitrogen and oxygen atoms in total. The van der Waals surface area contributed by atoms with Gasteiger partial charge in [0, 0.05) is 6.54 Å². The van der Waals surface area contributed by atoms with Gasteiger partial charge in [-0.15, -0.1) is 0 Å². The van der Waals surface area contributed by atoms with Gasteiger partial charge in [-0.2, -0.15) is 5.10 Å². The molecule has 0 saturated heterocycles. The molecule has 2 rings (SSSR count). The zero-order chi connectivity index (χ0) is 14.7. The van der Waals surface area contributed by atoms with Crippen LogP contribution >= 0.6 is 0 Å². The lowest BCUT2D eigenvalue weighted by atomic mass is 9.96. The SMILES string of the molecule is CCn1ncc(OC)c1C(NC)c1ccc(C)cc1C. The van der Waals surface area contributed by atoms with Crippen LogP contribution in [0.1, 0.15) is 35.3 Å². The van der Waals surface area contributed by atoms with Crippen molar-refractivity contribution in [3.05, 3.63) is 46.8 Å². The molecular formula is C16H23N3O. The second-order valence-corrected chi connectivity index (χ2v) is 5.00. The van der Waals surface area contributed by atoms with Crippen LogP contribution in [0.25, 0.3) is 0 Å². The second-order valence-electron chi connectivity index (χ2n) is 5.00. The zero-order valence-corrected chi connectivity index (χ0v) is 12.9. The van der Waals surface area contributed by atoms with Gasteiger partial charge in [-0.3, -0.25) is 4.68 Å². The minimum absolute atomic E-state index is 0.0769. The summed E-state index contributed by atoms with van der Waals surface area (Å²) in [4.78, 5) is 0. The Morgan fingerprint density at radius 3 is 2.65 bits per heavy atom. The molecule has 0 bridgehead atoms. The molecule has 1 aromatic carbocycles. The summed E-state index contributed by atoms with van der Waals surface area (Å²) >= 11 is 0. The first-order chi connectivity index (χ1) is 9.62. The van der Waals surface area contributed by atoms with Gasteiger partial charge in [-0.1, -0.05) is 23.8 Å². The fourth-order valence-electron chi connectivity index (χ4n) is 2.67. The largest absolute Gasteiger partial charge is 0.493 e. The number of methoxy groups -OCH3 is 1. The topological polar surface area (TPSA) is 39.1 Å². The van der Waals surface area contributed by atoms with E-state index in [0.717, 1.165) is 18.0 Å². The molecule has 0 aliphatic heterocycles. The van der Waals surface area contributed by atoms with Crippen LogP contribution < -0.4 is 10.1 Å². The molecular weight excluding hydrogens is 250 g/mol. The molecule has 1 unspecified atom stereocenters. The Morgan fingerprint density at radius 1 is 1.35 bits per heavy atom. The summed E-state index contributed by atoms with van der Waals surface area (Å²) in [6, 6.07) is 6.61. The number of aryl methyl sites for hydroxylation is 3. The minimum atomic E-state index is 0.0769. The average molecular weight is 273 g/mol. The fraction of sp³-hybridized carbons (Fsp3) is 0.438.